The largest absolute Gasteiger partial charge is 0.322 e. The molecule has 21 heavy (non-hydrogen) atoms. The van der Waals surface area contributed by atoms with E-state index in [2.05, 4.69) is 5.32 Å². The second-order valence-electron chi connectivity index (χ2n) is 4.35. The summed E-state index contributed by atoms with van der Waals surface area (Å²) in [4.78, 5) is 11.9. The molecule has 0 radical (unpaired) electrons. The minimum atomic E-state index is -3.44. The topological polar surface area (TPSA) is 63.2 Å². The van der Waals surface area contributed by atoms with E-state index in [1.54, 1.807) is 0 Å². The number of amides is 1. The van der Waals surface area contributed by atoms with Gasteiger partial charge in [0.25, 0.3) is 5.91 Å². The number of sulfone groups is 1. The van der Waals surface area contributed by atoms with Gasteiger partial charge in [0.05, 0.1) is 4.90 Å². The molecule has 0 aliphatic rings. The number of nitrogens with one attached hydrogen (secondary N) is 1. The molecule has 0 aliphatic carbocycles. The van der Waals surface area contributed by atoms with Crippen LogP contribution < -0.4 is 5.32 Å². The number of benzene rings is 2. The van der Waals surface area contributed by atoms with Gasteiger partial charge in [-0.3, -0.25) is 4.79 Å². The van der Waals surface area contributed by atoms with E-state index in [0.29, 0.717) is 0 Å². The predicted octanol–water partition coefficient (Wildman–Crippen LogP) is 2.62. The molecule has 1 N–H and O–H groups in total. The molecule has 110 valence electrons. The van der Waals surface area contributed by atoms with Gasteiger partial charge in [-0.1, -0.05) is 12.1 Å². The molecule has 2 rings (SSSR count). The number of hydrogen-bond donors (Lipinski definition) is 1. The lowest BCUT2D eigenvalue weighted by Crippen LogP contribution is -2.16. The van der Waals surface area contributed by atoms with Gasteiger partial charge < -0.3 is 5.32 Å². The maximum absolute atomic E-state index is 13.5. The fourth-order valence-electron chi connectivity index (χ4n) is 1.71. The number of hydrogen-bond acceptors (Lipinski definition) is 3. The van der Waals surface area contributed by atoms with E-state index in [-0.39, 0.29) is 10.6 Å². The third kappa shape index (κ3) is 3.43. The second-order valence-corrected chi connectivity index (χ2v) is 6.37. The van der Waals surface area contributed by atoms with Gasteiger partial charge in [-0.05, 0) is 30.3 Å². The molecule has 0 saturated carbocycles. The summed E-state index contributed by atoms with van der Waals surface area (Å²) in [5, 5.41) is 2.27. The summed E-state index contributed by atoms with van der Waals surface area (Å²) in [7, 11) is -3.44. The zero-order valence-corrected chi connectivity index (χ0v) is 11.7. The minimum Gasteiger partial charge on any atom is -0.322 e. The van der Waals surface area contributed by atoms with Crippen LogP contribution in [0, 0.1) is 11.6 Å². The number of carbonyl (C=O) groups excluding carboxylic acids is 1. The Hall–Kier alpha value is -2.28. The first-order valence-electron chi connectivity index (χ1n) is 5.84. The maximum Gasteiger partial charge on any atom is 0.261 e. The Morgan fingerprint density at radius 2 is 1.62 bits per heavy atom. The average molecular weight is 311 g/mol. The quantitative estimate of drug-likeness (QED) is 0.948. The van der Waals surface area contributed by atoms with Crippen LogP contribution in [0.15, 0.2) is 47.4 Å². The van der Waals surface area contributed by atoms with Gasteiger partial charge in [-0.25, -0.2) is 17.2 Å². The Bertz CT molecular complexity index is 783. The van der Waals surface area contributed by atoms with Gasteiger partial charge in [0.1, 0.15) is 17.2 Å². The van der Waals surface area contributed by atoms with Crippen molar-refractivity contribution in [1.29, 1.82) is 0 Å². The van der Waals surface area contributed by atoms with Gasteiger partial charge in [-0.2, -0.15) is 0 Å². The standard InChI is InChI=1S/C14H11F2NO3S/c1-21(19,20)10-5-2-4-9(8-10)17-14(18)13-11(15)6-3-7-12(13)16/h2-8H,1H3,(H,17,18). The molecule has 0 atom stereocenters. The van der Waals surface area contributed by atoms with Crippen molar-refractivity contribution in [3.8, 4) is 0 Å². The van der Waals surface area contributed by atoms with Crippen molar-refractivity contribution < 1.29 is 22.0 Å². The smallest absolute Gasteiger partial charge is 0.261 e. The highest BCUT2D eigenvalue weighted by molar-refractivity contribution is 7.90. The van der Waals surface area contributed by atoms with Gasteiger partial charge in [0, 0.05) is 11.9 Å². The SMILES string of the molecule is CS(=O)(=O)c1cccc(NC(=O)c2c(F)cccc2F)c1. The predicted molar refractivity (Wildman–Crippen MR) is 73.9 cm³/mol. The van der Waals surface area contributed by atoms with Crippen LogP contribution in [0.25, 0.3) is 0 Å². The zero-order chi connectivity index (χ0) is 15.6. The summed E-state index contributed by atoms with van der Waals surface area (Å²) in [6.45, 7) is 0. The molecule has 0 heterocycles. The first kappa shape index (κ1) is 15.1. The number of rotatable bonds is 3. The van der Waals surface area contributed by atoms with E-state index in [4.69, 9.17) is 0 Å². The van der Waals surface area contributed by atoms with Crippen LogP contribution in [0.5, 0.6) is 0 Å². The molecule has 0 bridgehead atoms. The summed E-state index contributed by atoms with van der Waals surface area (Å²) in [5.41, 5.74) is -0.590. The fourth-order valence-corrected chi connectivity index (χ4v) is 2.38. The van der Waals surface area contributed by atoms with Crippen molar-refractivity contribution in [2.75, 3.05) is 11.6 Å². The fraction of sp³-hybridized carbons (Fsp3) is 0.0714. The molecule has 0 aliphatic heterocycles. The molecule has 0 unspecified atom stereocenters. The van der Waals surface area contributed by atoms with Crippen LogP contribution in [0.4, 0.5) is 14.5 Å². The Morgan fingerprint density at radius 3 is 2.19 bits per heavy atom. The number of carbonyl (C=O) groups is 1. The average Bonchev–Trinajstić information content (AvgIpc) is 2.37. The lowest BCUT2D eigenvalue weighted by molar-refractivity contribution is 0.101. The lowest BCUT2D eigenvalue weighted by Gasteiger charge is -2.08. The molecule has 0 aromatic heterocycles. The van der Waals surface area contributed by atoms with Crippen molar-refractivity contribution in [1.82, 2.24) is 0 Å². The summed E-state index contributed by atoms with van der Waals surface area (Å²) < 4.78 is 49.8. The first-order chi connectivity index (χ1) is 9.79. The van der Waals surface area contributed by atoms with Crippen molar-refractivity contribution in [2.45, 2.75) is 4.90 Å². The van der Waals surface area contributed by atoms with Gasteiger partial charge >= 0.3 is 0 Å². The monoisotopic (exact) mass is 311 g/mol. The molecule has 1 amide bonds. The van der Waals surface area contributed by atoms with Crippen molar-refractivity contribution >= 4 is 21.4 Å². The summed E-state index contributed by atoms with van der Waals surface area (Å²) in [6.07, 6.45) is 1.02. The minimum absolute atomic E-state index is 0.00527. The Kier molecular flexibility index (Phi) is 4.04. The Labute approximate surface area is 120 Å². The number of anilines is 1. The van der Waals surface area contributed by atoms with E-state index in [1.807, 2.05) is 0 Å². The highest BCUT2D eigenvalue weighted by atomic mass is 32.2. The van der Waals surface area contributed by atoms with Crippen LogP contribution in [-0.2, 0) is 9.84 Å². The van der Waals surface area contributed by atoms with Crippen LogP contribution >= 0.6 is 0 Å². The zero-order valence-electron chi connectivity index (χ0n) is 10.9. The molecule has 0 saturated heterocycles. The van der Waals surface area contributed by atoms with Gasteiger partial charge in [-0.15, -0.1) is 0 Å². The molecule has 0 spiro atoms. The first-order valence-corrected chi connectivity index (χ1v) is 7.73. The third-order valence-electron chi connectivity index (χ3n) is 2.71. The normalized spacial score (nSPS) is 11.2. The van der Waals surface area contributed by atoms with Crippen molar-refractivity contribution in [3.05, 3.63) is 59.7 Å². The maximum atomic E-state index is 13.5. The van der Waals surface area contributed by atoms with Gasteiger partial charge in [0.15, 0.2) is 9.84 Å². The third-order valence-corrected chi connectivity index (χ3v) is 3.82. The molecule has 7 heteroatoms. The Balaban J connectivity index is 2.33. The summed E-state index contributed by atoms with van der Waals surface area (Å²) in [6, 6.07) is 8.48. The van der Waals surface area contributed by atoms with Crippen molar-refractivity contribution in [3.63, 3.8) is 0 Å². The van der Waals surface area contributed by atoms with Crippen LogP contribution in [0.1, 0.15) is 10.4 Å². The molecule has 4 nitrogen and oxygen atoms in total. The number of halogens is 2. The van der Waals surface area contributed by atoms with E-state index in [9.17, 15) is 22.0 Å². The molecule has 2 aromatic carbocycles. The lowest BCUT2D eigenvalue weighted by atomic mass is 10.2. The second kappa shape index (κ2) is 5.61. The van der Waals surface area contributed by atoms with Crippen LogP contribution in [-0.4, -0.2) is 20.6 Å². The summed E-state index contributed by atoms with van der Waals surface area (Å²) in [5.74, 6) is -2.98. The summed E-state index contributed by atoms with van der Waals surface area (Å²) >= 11 is 0. The van der Waals surface area contributed by atoms with E-state index in [0.717, 1.165) is 24.5 Å². The van der Waals surface area contributed by atoms with E-state index < -0.39 is 32.9 Å². The van der Waals surface area contributed by atoms with Crippen LogP contribution in [0.3, 0.4) is 0 Å². The van der Waals surface area contributed by atoms with Crippen molar-refractivity contribution in [2.24, 2.45) is 0 Å². The highest BCUT2D eigenvalue weighted by Crippen LogP contribution is 2.18. The molecular formula is C14H11F2NO3S. The van der Waals surface area contributed by atoms with E-state index in [1.165, 1.54) is 24.3 Å². The Morgan fingerprint density at radius 1 is 1.05 bits per heavy atom. The highest BCUT2D eigenvalue weighted by Gasteiger charge is 2.17. The molecule has 2 aromatic rings. The molecular weight excluding hydrogens is 300 g/mol. The van der Waals surface area contributed by atoms with Gasteiger partial charge in [0.2, 0.25) is 0 Å². The van der Waals surface area contributed by atoms with E-state index >= 15 is 0 Å². The molecule has 0 fully saturated rings. The van der Waals surface area contributed by atoms with Crippen LogP contribution in [0.2, 0.25) is 0 Å².